The van der Waals surface area contributed by atoms with Crippen LogP contribution >= 0.6 is 7.82 Å². The van der Waals surface area contributed by atoms with Gasteiger partial charge in [0.05, 0.1) is 21.1 Å². The van der Waals surface area contributed by atoms with E-state index in [0.717, 1.165) is 16.7 Å². The lowest BCUT2D eigenvalue weighted by molar-refractivity contribution is -0.870. The first-order valence-electron chi connectivity index (χ1n) is 6.94. The minimum atomic E-state index is -3.59. The number of hydrogen-bond acceptors (Lipinski definition) is 4. The van der Waals surface area contributed by atoms with Crippen molar-refractivity contribution in [1.29, 1.82) is 0 Å². The monoisotopic (exact) mass is 316 g/mol. The molecular weight excluding hydrogens is 289 g/mol. The maximum absolute atomic E-state index is 12.6. The van der Waals surface area contributed by atoms with Crippen molar-refractivity contribution >= 4 is 7.82 Å². The van der Waals surface area contributed by atoms with Crippen molar-refractivity contribution in [2.24, 2.45) is 0 Å². The summed E-state index contributed by atoms with van der Waals surface area (Å²) in [4.78, 5) is 0. The highest BCUT2D eigenvalue weighted by molar-refractivity contribution is 7.48. The zero-order valence-electron chi connectivity index (χ0n) is 14.1. The fourth-order valence-electron chi connectivity index (χ4n) is 1.97. The van der Waals surface area contributed by atoms with E-state index in [9.17, 15) is 4.57 Å². The van der Waals surface area contributed by atoms with Gasteiger partial charge in [-0.25, -0.2) is 4.57 Å². The highest BCUT2D eigenvalue weighted by Crippen LogP contribution is 2.50. The zero-order valence-corrected chi connectivity index (χ0v) is 15.0. The van der Waals surface area contributed by atoms with Gasteiger partial charge in [-0.05, 0) is 31.9 Å². The fraction of sp³-hybridized carbons (Fsp3) is 0.600. The van der Waals surface area contributed by atoms with Gasteiger partial charge < -0.3 is 9.01 Å². The Kier molecular flexibility index (Phi) is 6.00. The molecule has 1 atom stereocenters. The maximum atomic E-state index is 12.6. The molecule has 0 saturated carbocycles. The molecule has 1 aromatic rings. The van der Waals surface area contributed by atoms with E-state index in [0.29, 0.717) is 23.4 Å². The standard InChI is InChI=1S/C15H27NO4P/c1-12-10-13(2)15(14(3)11-12)20-21(17,18-7)19-9-8-16(4,5)6/h10-11H,8-9H2,1-7H3/q+1. The Labute approximate surface area is 128 Å². The third-order valence-electron chi connectivity index (χ3n) is 3.04. The van der Waals surface area contributed by atoms with Crippen LogP contribution in [0, 0.1) is 20.8 Å². The molecule has 0 heterocycles. The Bertz CT molecular complexity index is 514. The van der Waals surface area contributed by atoms with Crippen LogP contribution in [0.1, 0.15) is 16.7 Å². The molecule has 0 radical (unpaired) electrons. The van der Waals surface area contributed by atoms with Crippen LogP contribution in [-0.2, 0) is 13.6 Å². The molecule has 0 aliphatic rings. The van der Waals surface area contributed by atoms with E-state index in [1.165, 1.54) is 7.11 Å². The van der Waals surface area contributed by atoms with E-state index in [1.54, 1.807) is 0 Å². The van der Waals surface area contributed by atoms with Crippen LogP contribution in [0.3, 0.4) is 0 Å². The van der Waals surface area contributed by atoms with Crippen LogP contribution in [0.15, 0.2) is 12.1 Å². The van der Waals surface area contributed by atoms with Crippen molar-refractivity contribution < 1.29 is 22.6 Å². The van der Waals surface area contributed by atoms with Gasteiger partial charge >= 0.3 is 7.82 Å². The Morgan fingerprint density at radius 1 is 1.10 bits per heavy atom. The summed E-state index contributed by atoms with van der Waals surface area (Å²) in [6, 6.07) is 3.96. The van der Waals surface area contributed by atoms with Crippen LogP contribution in [0.4, 0.5) is 0 Å². The molecule has 0 aliphatic heterocycles. The molecule has 120 valence electrons. The highest BCUT2D eigenvalue weighted by atomic mass is 31.2. The number of phosphoric acid groups is 1. The van der Waals surface area contributed by atoms with E-state index in [4.69, 9.17) is 13.6 Å². The van der Waals surface area contributed by atoms with Gasteiger partial charge in [0.2, 0.25) is 0 Å². The number of rotatable bonds is 7. The summed E-state index contributed by atoms with van der Waals surface area (Å²) in [5, 5.41) is 0. The van der Waals surface area contributed by atoms with Gasteiger partial charge in [-0.2, -0.15) is 0 Å². The fourth-order valence-corrected chi connectivity index (χ4v) is 3.01. The number of aryl methyl sites for hydroxylation is 3. The molecule has 0 spiro atoms. The van der Waals surface area contributed by atoms with Gasteiger partial charge in [0.25, 0.3) is 0 Å². The largest absolute Gasteiger partial charge is 0.530 e. The van der Waals surface area contributed by atoms with Crippen molar-refractivity contribution in [2.75, 3.05) is 41.4 Å². The SMILES string of the molecule is COP(=O)(OCC[N+](C)(C)C)Oc1c(C)cc(C)cc1C. The Balaban J connectivity index is 2.84. The summed E-state index contributed by atoms with van der Waals surface area (Å²) in [7, 11) is 3.87. The molecule has 0 fully saturated rings. The van der Waals surface area contributed by atoms with Crippen molar-refractivity contribution in [3.8, 4) is 5.75 Å². The molecule has 1 aromatic carbocycles. The second-order valence-electron chi connectivity index (χ2n) is 6.30. The zero-order chi connectivity index (χ0) is 16.3. The first kappa shape index (κ1) is 18.2. The molecule has 0 amide bonds. The van der Waals surface area contributed by atoms with Crippen molar-refractivity contribution in [1.82, 2.24) is 0 Å². The number of quaternary nitrogens is 1. The van der Waals surface area contributed by atoms with Crippen molar-refractivity contribution in [3.63, 3.8) is 0 Å². The summed E-state index contributed by atoms with van der Waals surface area (Å²) in [5.74, 6) is 0.566. The predicted molar refractivity (Wildman–Crippen MR) is 84.7 cm³/mol. The molecule has 1 unspecified atom stereocenters. The van der Waals surface area contributed by atoms with E-state index in [-0.39, 0.29) is 0 Å². The second kappa shape index (κ2) is 6.93. The maximum Gasteiger partial charge on any atom is 0.530 e. The van der Waals surface area contributed by atoms with E-state index >= 15 is 0 Å². The Hall–Kier alpha value is -0.870. The van der Waals surface area contributed by atoms with Crippen LogP contribution in [0.5, 0.6) is 5.75 Å². The molecule has 21 heavy (non-hydrogen) atoms. The smallest absolute Gasteiger partial charge is 0.403 e. The quantitative estimate of drug-likeness (QED) is 0.571. The lowest BCUT2D eigenvalue weighted by Crippen LogP contribution is -2.37. The first-order chi connectivity index (χ1) is 9.56. The molecule has 0 aliphatic carbocycles. The van der Waals surface area contributed by atoms with Gasteiger partial charge in [-0.1, -0.05) is 17.7 Å². The predicted octanol–water partition coefficient (Wildman–Crippen LogP) is 3.47. The molecule has 0 bridgehead atoms. The third kappa shape index (κ3) is 5.79. The summed E-state index contributed by atoms with van der Waals surface area (Å²) in [5.41, 5.74) is 2.97. The highest BCUT2D eigenvalue weighted by Gasteiger charge is 2.29. The van der Waals surface area contributed by atoms with Crippen molar-refractivity contribution in [3.05, 3.63) is 28.8 Å². The average Bonchev–Trinajstić information content (AvgIpc) is 2.32. The second-order valence-corrected chi connectivity index (χ2v) is 8.00. The van der Waals surface area contributed by atoms with Crippen molar-refractivity contribution in [2.45, 2.75) is 20.8 Å². The number of benzene rings is 1. The van der Waals surface area contributed by atoms with Crippen LogP contribution in [0.25, 0.3) is 0 Å². The normalized spacial score (nSPS) is 14.8. The van der Waals surface area contributed by atoms with E-state index in [2.05, 4.69) is 0 Å². The molecule has 0 aromatic heterocycles. The number of hydrogen-bond donors (Lipinski definition) is 0. The summed E-state index contributed by atoms with van der Waals surface area (Å²) < 4.78 is 29.2. The minimum absolute atomic E-state index is 0.304. The van der Waals surface area contributed by atoms with Gasteiger partial charge in [0, 0.05) is 7.11 Å². The van der Waals surface area contributed by atoms with Crippen LogP contribution < -0.4 is 4.52 Å². The number of likely N-dealkylation sites (N-methyl/N-ethyl adjacent to an activating group) is 1. The molecule has 6 heteroatoms. The minimum Gasteiger partial charge on any atom is -0.403 e. The average molecular weight is 316 g/mol. The van der Waals surface area contributed by atoms with Gasteiger partial charge in [0.15, 0.2) is 0 Å². The molecule has 0 saturated heterocycles. The van der Waals surface area contributed by atoms with Gasteiger partial charge in [-0.15, -0.1) is 0 Å². The summed E-state index contributed by atoms with van der Waals surface area (Å²) in [6.07, 6.45) is 0. The molecule has 5 nitrogen and oxygen atoms in total. The van der Waals surface area contributed by atoms with Crippen LogP contribution in [0.2, 0.25) is 0 Å². The molecular formula is C15H27NO4P+. The third-order valence-corrected chi connectivity index (χ3v) is 4.40. The molecule has 0 N–H and O–H groups in total. The van der Waals surface area contributed by atoms with E-state index in [1.807, 2.05) is 54.0 Å². The Morgan fingerprint density at radius 2 is 1.62 bits per heavy atom. The first-order valence-corrected chi connectivity index (χ1v) is 8.40. The Morgan fingerprint density at radius 3 is 2.05 bits per heavy atom. The number of phosphoric ester groups is 1. The van der Waals surface area contributed by atoms with Gasteiger partial charge in [0.1, 0.15) is 18.9 Å². The topological polar surface area (TPSA) is 44.8 Å². The number of nitrogens with zero attached hydrogens (tertiary/aromatic N) is 1. The summed E-state index contributed by atoms with van der Waals surface area (Å²) >= 11 is 0. The van der Waals surface area contributed by atoms with E-state index < -0.39 is 7.82 Å². The van der Waals surface area contributed by atoms with Gasteiger partial charge in [-0.3, -0.25) is 9.05 Å². The molecule has 1 rings (SSSR count). The lowest BCUT2D eigenvalue weighted by Gasteiger charge is -2.25. The lowest BCUT2D eigenvalue weighted by atomic mass is 10.1. The van der Waals surface area contributed by atoms with Crippen LogP contribution in [-0.4, -0.2) is 45.9 Å². The summed E-state index contributed by atoms with van der Waals surface area (Å²) in [6.45, 7) is 6.86.